The van der Waals surface area contributed by atoms with Crippen molar-refractivity contribution in [2.45, 2.75) is 0 Å². The molecule has 5 heteroatoms. The Morgan fingerprint density at radius 1 is 1.11 bits per heavy atom. The van der Waals surface area contributed by atoms with Crippen molar-refractivity contribution in [3.8, 4) is 11.5 Å². The molecule has 18 heavy (non-hydrogen) atoms. The molecule has 4 nitrogen and oxygen atoms in total. The molecule has 0 bridgehead atoms. The zero-order valence-corrected chi connectivity index (χ0v) is 11.4. The van der Waals surface area contributed by atoms with Gasteiger partial charge in [-0.1, -0.05) is 0 Å². The first kappa shape index (κ1) is 12.7. The van der Waals surface area contributed by atoms with E-state index < -0.39 is 5.97 Å². The highest BCUT2D eigenvalue weighted by atomic mass is 79.9. The summed E-state index contributed by atoms with van der Waals surface area (Å²) >= 11 is 3.25. The minimum atomic E-state index is -0.992. The second-order valence-electron chi connectivity index (χ2n) is 3.65. The van der Waals surface area contributed by atoms with Gasteiger partial charge in [0.1, 0.15) is 11.5 Å². The molecular weight excluding hydrogens is 300 g/mol. The molecule has 0 aliphatic heterocycles. The number of methoxy groups -OCH3 is 2. The minimum absolute atomic E-state index is 0.189. The third kappa shape index (κ3) is 2.01. The summed E-state index contributed by atoms with van der Waals surface area (Å²) in [5.74, 6) is 0.290. The van der Waals surface area contributed by atoms with Crippen molar-refractivity contribution in [3.05, 3.63) is 34.3 Å². The molecule has 0 spiro atoms. The van der Waals surface area contributed by atoms with Crippen molar-refractivity contribution in [2.75, 3.05) is 14.2 Å². The van der Waals surface area contributed by atoms with Crippen LogP contribution in [0.4, 0.5) is 0 Å². The summed E-state index contributed by atoms with van der Waals surface area (Å²) in [6.45, 7) is 0. The van der Waals surface area contributed by atoms with Gasteiger partial charge in [-0.25, -0.2) is 4.79 Å². The molecule has 0 aromatic heterocycles. The molecule has 0 fully saturated rings. The molecule has 0 unspecified atom stereocenters. The van der Waals surface area contributed by atoms with E-state index in [9.17, 15) is 4.79 Å². The van der Waals surface area contributed by atoms with Crippen LogP contribution in [0.2, 0.25) is 0 Å². The standard InChI is InChI=1S/C13H11BrO4/c1-17-11-3-4-12(18-2)8-6-10(14)9(13(15)16)5-7(8)11/h3-6H,1-2H3,(H,15,16). The van der Waals surface area contributed by atoms with Gasteiger partial charge in [-0.2, -0.15) is 0 Å². The number of benzene rings is 2. The van der Waals surface area contributed by atoms with Gasteiger partial charge >= 0.3 is 5.97 Å². The fourth-order valence-electron chi connectivity index (χ4n) is 1.83. The summed E-state index contributed by atoms with van der Waals surface area (Å²) in [5.41, 5.74) is 0.189. The van der Waals surface area contributed by atoms with E-state index in [0.717, 1.165) is 5.39 Å². The van der Waals surface area contributed by atoms with Crippen LogP contribution in [-0.2, 0) is 0 Å². The van der Waals surface area contributed by atoms with Crippen LogP contribution in [0.5, 0.6) is 11.5 Å². The van der Waals surface area contributed by atoms with Crippen molar-refractivity contribution in [1.82, 2.24) is 0 Å². The van der Waals surface area contributed by atoms with Crippen LogP contribution >= 0.6 is 15.9 Å². The molecule has 0 aliphatic rings. The van der Waals surface area contributed by atoms with Gasteiger partial charge < -0.3 is 14.6 Å². The number of ether oxygens (including phenoxy) is 2. The van der Waals surface area contributed by atoms with Crippen LogP contribution in [0.25, 0.3) is 10.8 Å². The van der Waals surface area contributed by atoms with Crippen LogP contribution in [0.15, 0.2) is 28.7 Å². The molecule has 94 valence electrons. The fraction of sp³-hybridized carbons (Fsp3) is 0.154. The number of hydrogen-bond acceptors (Lipinski definition) is 3. The van der Waals surface area contributed by atoms with E-state index in [1.807, 2.05) is 0 Å². The Bertz CT molecular complexity index is 622. The second kappa shape index (κ2) is 4.86. The number of carboxylic acid groups (broad SMARTS) is 1. The highest BCUT2D eigenvalue weighted by molar-refractivity contribution is 9.10. The van der Waals surface area contributed by atoms with Crippen LogP contribution in [0.3, 0.4) is 0 Å². The summed E-state index contributed by atoms with van der Waals surface area (Å²) in [6.07, 6.45) is 0. The summed E-state index contributed by atoms with van der Waals surface area (Å²) in [6, 6.07) is 6.83. The van der Waals surface area contributed by atoms with Crippen LogP contribution < -0.4 is 9.47 Å². The largest absolute Gasteiger partial charge is 0.496 e. The number of hydrogen-bond donors (Lipinski definition) is 1. The van der Waals surface area contributed by atoms with Gasteiger partial charge in [0, 0.05) is 15.2 Å². The Balaban J connectivity index is 2.85. The number of carboxylic acids is 1. The van der Waals surface area contributed by atoms with E-state index in [1.165, 1.54) is 0 Å². The normalized spacial score (nSPS) is 10.4. The smallest absolute Gasteiger partial charge is 0.336 e. The van der Waals surface area contributed by atoms with Crippen LogP contribution in [0, 0.1) is 0 Å². The Kier molecular flexibility index (Phi) is 3.43. The second-order valence-corrected chi connectivity index (χ2v) is 4.51. The molecule has 0 saturated heterocycles. The number of fused-ring (bicyclic) bond motifs is 1. The molecule has 0 radical (unpaired) electrons. The van der Waals surface area contributed by atoms with E-state index in [4.69, 9.17) is 14.6 Å². The van der Waals surface area contributed by atoms with E-state index >= 15 is 0 Å². The van der Waals surface area contributed by atoms with Gasteiger partial charge in [0.25, 0.3) is 0 Å². The van der Waals surface area contributed by atoms with Crippen molar-refractivity contribution < 1.29 is 19.4 Å². The maximum atomic E-state index is 11.1. The topological polar surface area (TPSA) is 55.8 Å². The van der Waals surface area contributed by atoms with Gasteiger partial charge in [-0.05, 0) is 40.2 Å². The Hall–Kier alpha value is -1.75. The molecule has 0 saturated carbocycles. The molecule has 2 aromatic carbocycles. The van der Waals surface area contributed by atoms with Gasteiger partial charge in [0.15, 0.2) is 0 Å². The molecule has 0 amide bonds. The predicted molar refractivity (Wildman–Crippen MR) is 71.7 cm³/mol. The summed E-state index contributed by atoms with van der Waals surface area (Å²) in [4.78, 5) is 11.1. The molecule has 0 aliphatic carbocycles. The molecular formula is C13H11BrO4. The maximum Gasteiger partial charge on any atom is 0.336 e. The number of rotatable bonds is 3. The fourth-order valence-corrected chi connectivity index (χ4v) is 2.34. The lowest BCUT2D eigenvalue weighted by atomic mass is 10.1. The Morgan fingerprint density at radius 2 is 1.61 bits per heavy atom. The van der Waals surface area contributed by atoms with Crippen LogP contribution in [0.1, 0.15) is 10.4 Å². The summed E-state index contributed by atoms with van der Waals surface area (Å²) in [5, 5.41) is 10.6. The third-order valence-electron chi connectivity index (χ3n) is 2.69. The average molecular weight is 311 g/mol. The van der Waals surface area contributed by atoms with Gasteiger partial charge in [0.05, 0.1) is 19.8 Å². The lowest BCUT2D eigenvalue weighted by molar-refractivity contribution is 0.0696. The van der Waals surface area contributed by atoms with Crippen molar-refractivity contribution >= 4 is 32.7 Å². The summed E-state index contributed by atoms with van der Waals surface area (Å²) < 4.78 is 11.0. The van der Waals surface area contributed by atoms with Crippen molar-refractivity contribution in [1.29, 1.82) is 0 Å². The van der Waals surface area contributed by atoms with E-state index in [2.05, 4.69) is 15.9 Å². The molecule has 1 N–H and O–H groups in total. The predicted octanol–water partition coefficient (Wildman–Crippen LogP) is 3.32. The van der Waals surface area contributed by atoms with Crippen LogP contribution in [-0.4, -0.2) is 25.3 Å². The summed E-state index contributed by atoms with van der Waals surface area (Å²) in [7, 11) is 3.12. The molecule has 2 aromatic rings. The molecule has 0 heterocycles. The SMILES string of the molecule is COc1ccc(OC)c2cc(C(=O)O)c(Br)cc12. The average Bonchev–Trinajstić information content (AvgIpc) is 2.36. The number of carbonyl (C=O) groups is 1. The van der Waals surface area contributed by atoms with Crippen molar-refractivity contribution in [2.24, 2.45) is 0 Å². The van der Waals surface area contributed by atoms with E-state index in [0.29, 0.717) is 21.4 Å². The maximum absolute atomic E-state index is 11.1. The lowest BCUT2D eigenvalue weighted by Gasteiger charge is -2.11. The Morgan fingerprint density at radius 3 is 2.06 bits per heavy atom. The molecule has 2 rings (SSSR count). The quantitative estimate of drug-likeness (QED) is 0.945. The van der Waals surface area contributed by atoms with Gasteiger partial charge in [0.2, 0.25) is 0 Å². The number of halogens is 1. The van der Waals surface area contributed by atoms with E-state index in [1.54, 1.807) is 38.5 Å². The highest BCUT2D eigenvalue weighted by Crippen LogP contribution is 2.36. The highest BCUT2D eigenvalue weighted by Gasteiger charge is 2.14. The zero-order valence-electron chi connectivity index (χ0n) is 9.86. The van der Waals surface area contributed by atoms with Gasteiger partial charge in [-0.3, -0.25) is 0 Å². The zero-order chi connectivity index (χ0) is 13.3. The lowest BCUT2D eigenvalue weighted by Crippen LogP contribution is -1.99. The third-order valence-corrected chi connectivity index (χ3v) is 3.35. The minimum Gasteiger partial charge on any atom is -0.496 e. The first-order chi connectivity index (χ1) is 8.58. The molecule has 0 atom stereocenters. The monoisotopic (exact) mass is 310 g/mol. The van der Waals surface area contributed by atoms with Gasteiger partial charge in [-0.15, -0.1) is 0 Å². The van der Waals surface area contributed by atoms with E-state index in [-0.39, 0.29) is 5.56 Å². The Labute approximate surface area is 112 Å². The van der Waals surface area contributed by atoms with Crippen molar-refractivity contribution in [3.63, 3.8) is 0 Å². The first-order valence-electron chi connectivity index (χ1n) is 5.16. The first-order valence-corrected chi connectivity index (χ1v) is 5.95. The number of aromatic carboxylic acids is 1.